The Balaban J connectivity index is 1.94. The molecule has 0 bridgehead atoms. The maximum absolute atomic E-state index is 13.8. The average molecular weight is 569 g/mol. The second-order valence-corrected chi connectivity index (χ2v) is 12.3. The first-order chi connectivity index (χ1) is 17.5. The lowest BCUT2D eigenvalue weighted by atomic mass is 9.95. The number of carbonyl (C=O) groups excluding carboxylic acids is 2. The molecule has 1 aliphatic carbocycles. The fourth-order valence-electron chi connectivity index (χ4n) is 4.77. The topological polar surface area (TPSA) is 86.8 Å². The van der Waals surface area contributed by atoms with E-state index in [2.05, 4.69) is 5.32 Å². The van der Waals surface area contributed by atoms with Gasteiger partial charge in [0.2, 0.25) is 21.8 Å². The van der Waals surface area contributed by atoms with Crippen molar-refractivity contribution in [1.29, 1.82) is 0 Å². The van der Waals surface area contributed by atoms with Crippen molar-refractivity contribution in [3.8, 4) is 0 Å². The molecule has 1 fully saturated rings. The number of hydrogen-bond donors (Lipinski definition) is 1. The minimum Gasteiger partial charge on any atom is -0.352 e. The van der Waals surface area contributed by atoms with Gasteiger partial charge in [-0.05, 0) is 61.6 Å². The number of halogens is 2. The second kappa shape index (κ2) is 13.0. The molecule has 10 heteroatoms. The average Bonchev–Trinajstić information content (AvgIpc) is 2.84. The molecule has 202 valence electrons. The van der Waals surface area contributed by atoms with Crippen LogP contribution in [0.1, 0.15) is 56.6 Å². The Labute approximate surface area is 230 Å². The molecule has 0 aromatic heterocycles. The molecule has 0 radical (unpaired) electrons. The SMILES string of the molecule is CC[C@H](C(=O)NC1CCCCC1)N(Cc1ccccc1Cl)C(=O)CN(c1ccc(Cl)cc1C)S(C)(=O)=O. The zero-order valence-corrected chi connectivity index (χ0v) is 23.9. The van der Waals surface area contributed by atoms with Crippen LogP contribution in [0.2, 0.25) is 10.0 Å². The molecule has 2 amide bonds. The molecule has 1 atom stereocenters. The van der Waals surface area contributed by atoms with Gasteiger partial charge < -0.3 is 10.2 Å². The summed E-state index contributed by atoms with van der Waals surface area (Å²) in [4.78, 5) is 28.7. The summed E-state index contributed by atoms with van der Waals surface area (Å²) in [5, 5.41) is 4.06. The van der Waals surface area contributed by atoms with E-state index in [9.17, 15) is 18.0 Å². The lowest BCUT2D eigenvalue weighted by Gasteiger charge is -2.34. The third-order valence-electron chi connectivity index (χ3n) is 6.74. The van der Waals surface area contributed by atoms with Gasteiger partial charge in [0.25, 0.3) is 0 Å². The lowest BCUT2D eigenvalue weighted by molar-refractivity contribution is -0.140. The van der Waals surface area contributed by atoms with Gasteiger partial charge in [0, 0.05) is 22.6 Å². The third-order valence-corrected chi connectivity index (χ3v) is 8.47. The van der Waals surface area contributed by atoms with Crippen LogP contribution in [0.3, 0.4) is 0 Å². The van der Waals surface area contributed by atoms with Crippen LogP contribution in [0.15, 0.2) is 42.5 Å². The van der Waals surface area contributed by atoms with Crippen LogP contribution in [0.5, 0.6) is 0 Å². The van der Waals surface area contributed by atoms with Crippen molar-refractivity contribution in [2.45, 2.75) is 71.0 Å². The van der Waals surface area contributed by atoms with E-state index in [1.54, 1.807) is 43.3 Å². The van der Waals surface area contributed by atoms with E-state index in [0.717, 1.165) is 42.7 Å². The Morgan fingerprint density at radius 2 is 1.76 bits per heavy atom. The van der Waals surface area contributed by atoms with E-state index in [-0.39, 0.29) is 18.5 Å². The van der Waals surface area contributed by atoms with Crippen LogP contribution < -0.4 is 9.62 Å². The van der Waals surface area contributed by atoms with Crippen molar-refractivity contribution in [2.24, 2.45) is 0 Å². The summed E-state index contributed by atoms with van der Waals surface area (Å²) < 4.78 is 26.7. The molecule has 1 aliphatic rings. The summed E-state index contributed by atoms with van der Waals surface area (Å²) in [6.07, 6.45) is 6.54. The molecule has 2 aromatic rings. The van der Waals surface area contributed by atoms with Gasteiger partial charge in [0.05, 0.1) is 11.9 Å². The first-order valence-corrected chi connectivity index (χ1v) is 15.2. The summed E-state index contributed by atoms with van der Waals surface area (Å²) in [6.45, 7) is 3.19. The van der Waals surface area contributed by atoms with Crippen molar-refractivity contribution < 1.29 is 18.0 Å². The van der Waals surface area contributed by atoms with Crippen LogP contribution in [0.4, 0.5) is 5.69 Å². The smallest absolute Gasteiger partial charge is 0.244 e. The quantitative estimate of drug-likeness (QED) is 0.420. The summed E-state index contributed by atoms with van der Waals surface area (Å²) in [5.74, 6) is -0.728. The Hall–Kier alpha value is -2.29. The Morgan fingerprint density at radius 1 is 1.08 bits per heavy atom. The predicted molar refractivity (Wildman–Crippen MR) is 149 cm³/mol. The zero-order valence-electron chi connectivity index (χ0n) is 21.5. The number of sulfonamides is 1. The fourth-order valence-corrected chi connectivity index (χ4v) is 6.10. The van der Waals surface area contributed by atoms with E-state index in [1.165, 1.54) is 4.90 Å². The molecule has 0 saturated heterocycles. The molecule has 1 saturated carbocycles. The van der Waals surface area contributed by atoms with Crippen molar-refractivity contribution in [3.05, 3.63) is 63.6 Å². The number of hydrogen-bond acceptors (Lipinski definition) is 4. The van der Waals surface area contributed by atoms with Crippen molar-refractivity contribution >= 4 is 50.7 Å². The molecular formula is C27H35Cl2N3O4S. The summed E-state index contributed by atoms with van der Waals surface area (Å²) in [7, 11) is -3.82. The highest BCUT2D eigenvalue weighted by Gasteiger charge is 2.33. The third kappa shape index (κ3) is 7.85. The Morgan fingerprint density at radius 3 is 2.35 bits per heavy atom. The van der Waals surface area contributed by atoms with Crippen molar-refractivity contribution in [1.82, 2.24) is 10.2 Å². The van der Waals surface area contributed by atoms with E-state index in [1.807, 2.05) is 13.0 Å². The molecule has 3 rings (SSSR count). The molecular weight excluding hydrogens is 533 g/mol. The second-order valence-electron chi connectivity index (χ2n) is 9.58. The zero-order chi connectivity index (χ0) is 27.2. The number of benzene rings is 2. The monoisotopic (exact) mass is 567 g/mol. The van der Waals surface area contributed by atoms with Crippen molar-refractivity contribution in [3.63, 3.8) is 0 Å². The standard InChI is InChI=1S/C27H35Cl2N3O4S/c1-4-24(27(34)30-22-11-6-5-7-12-22)31(17-20-10-8-9-13-23(20)29)26(33)18-32(37(3,35)36)25-15-14-21(28)16-19(25)2/h8-10,13-16,22,24H,4-7,11-12,17-18H2,1-3H3,(H,30,34)/t24-/m1/s1. The predicted octanol–water partition coefficient (Wildman–Crippen LogP) is 5.32. The number of anilines is 1. The number of aryl methyl sites for hydroxylation is 1. The number of rotatable bonds is 10. The lowest BCUT2D eigenvalue weighted by Crippen LogP contribution is -2.54. The van der Waals surface area contributed by atoms with Gasteiger partial charge >= 0.3 is 0 Å². The molecule has 0 heterocycles. The molecule has 37 heavy (non-hydrogen) atoms. The molecule has 0 aliphatic heterocycles. The molecule has 2 aromatic carbocycles. The fraction of sp³-hybridized carbons (Fsp3) is 0.481. The number of nitrogens with one attached hydrogen (secondary N) is 1. The Bertz CT molecular complexity index is 1220. The normalized spacial score (nSPS) is 15.2. The van der Waals surface area contributed by atoms with Gasteiger partial charge in [0.1, 0.15) is 12.6 Å². The maximum atomic E-state index is 13.8. The van der Waals surface area contributed by atoms with E-state index < -0.39 is 28.5 Å². The highest BCUT2D eigenvalue weighted by Crippen LogP contribution is 2.27. The van der Waals surface area contributed by atoms with Crippen LogP contribution in [0, 0.1) is 6.92 Å². The van der Waals surface area contributed by atoms with Crippen LogP contribution in [-0.4, -0.2) is 50.0 Å². The van der Waals surface area contributed by atoms with Crippen LogP contribution >= 0.6 is 23.2 Å². The van der Waals surface area contributed by atoms with Gasteiger partial charge in [0.15, 0.2) is 0 Å². The molecule has 0 unspecified atom stereocenters. The Kier molecular flexibility index (Phi) is 10.3. The molecule has 1 N–H and O–H groups in total. The summed E-state index contributed by atoms with van der Waals surface area (Å²) in [5.41, 5.74) is 1.65. The van der Waals surface area contributed by atoms with Gasteiger partial charge in [-0.25, -0.2) is 8.42 Å². The van der Waals surface area contributed by atoms with Gasteiger partial charge in [-0.3, -0.25) is 13.9 Å². The van der Waals surface area contributed by atoms with E-state index in [0.29, 0.717) is 33.3 Å². The van der Waals surface area contributed by atoms with E-state index >= 15 is 0 Å². The number of amides is 2. The van der Waals surface area contributed by atoms with Gasteiger partial charge in [-0.2, -0.15) is 0 Å². The minimum absolute atomic E-state index is 0.0757. The first-order valence-electron chi connectivity index (χ1n) is 12.6. The largest absolute Gasteiger partial charge is 0.352 e. The van der Waals surface area contributed by atoms with E-state index in [4.69, 9.17) is 23.2 Å². The highest BCUT2D eigenvalue weighted by molar-refractivity contribution is 7.92. The maximum Gasteiger partial charge on any atom is 0.244 e. The number of nitrogens with zero attached hydrogens (tertiary/aromatic N) is 2. The van der Waals surface area contributed by atoms with Gasteiger partial charge in [-0.15, -0.1) is 0 Å². The summed E-state index contributed by atoms with van der Waals surface area (Å²) >= 11 is 12.5. The number of carbonyl (C=O) groups is 2. The van der Waals surface area contributed by atoms with Crippen molar-refractivity contribution in [2.75, 3.05) is 17.1 Å². The molecule has 7 nitrogen and oxygen atoms in total. The molecule has 0 spiro atoms. The first kappa shape index (κ1) is 29.3. The summed E-state index contributed by atoms with van der Waals surface area (Å²) in [6, 6.07) is 11.2. The highest BCUT2D eigenvalue weighted by atomic mass is 35.5. The van der Waals surface area contributed by atoms with Crippen LogP contribution in [0.25, 0.3) is 0 Å². The minimum atomic E-state index is -3.82. The van der Waals surface area contributed by atoms with Crippen LogP contribution in [-0.2, 0) is 26.2 Å². The van der Waals surface area contributed by atoms with Gasteiger partial charge in [-0.1, -0.05) is 67.6 Å².